The van der Waals surface area contributed by atoms with Crippen LogP contribution in [0.1, 0.15) is 10.4 Å². The number of rotatable bonds is 6. The summed E-state index contributed by atoms with van der Waals surface area (Å²) in [4.78, 5) is 13.5. The first-order chi connectivity index (χ1) is 9.65. The number of nitrogen functional groups attached to an aromatic ring is 1. The van der Waals surface area contributed by atoms with Crippen molar-refractivity contribution in [1.82, 2.24) is 4.90 Å². The van der Waals surface area contributed by atoms with Gasteiger partial charge in [0.05, 0.1) is 17.6 Å². The smallest absolute Gasteiger partial charge is 0.253 e. The lowest BCUT2D eigenvalue weighted by Gasteiger charge is -2.21. The third kappa shape index (κ3) is 5.00. The number of methoxy groups -OCH3 is 1. The van der Waals surface area contributed by atoms with E-state index in [4.69, 9.17) is 10.5 Å². The van der Waals surface area contributed by atoms with Gasteiger partial charge in [-0.15, -0.1) is 0 Å². The number of benzene rings is 1. The van der Waals surface area contributed by atoms with E-state index in [1.165, 1.54) is 37.3 Å². The summed E-state index contributed by atoms with van der Waals surface area (Å²) in [6.45, 7) is 0.165. The summed E-state index contributed by atoms with van der Waals surface area (Å²) in [5, 5.41) is 9.61. The van der Waals surface area contributed by atoms with E-state index >= 15 is 0 Å². The lowest BCUT2D eigenvalue weighted by atomic mass is 10.1. The molecular formula is C13H20N2O5S. The van der Waals surface area contributed by atoms with Crippen LogP contribution in [0, 0.1) is 0 Å². The SMILES string of the molecule is COCC(O)CN(C)C(=O)c1cc(N)cc(S(C)(=O)=O)c1. The van der Waals surface area contributed by atoms with E-state index in [0.29, 0.717) is 0 Å². The molecule has 3 N–H and O–H groups in total. The van der Waals surface area contributed by atoms with Gasteiger partial charge < -0.3 is 20.5 Å². The van der Waals surface area contributed by atoms with Gasteiger partial charge in [0.2, 0.25) is 0 Å². The Morgan fingerprint density at radius 1 is 1.43 bits per heavy atom. The zero-order valence-electron chi connectivity index (χ0n) is 12.2. The zero-order chi connectivity index (χ0) is 16.2. The second-order valence-corrected chi connectivity index (χ2v) is 6.87. The highest BCUT2D eigenvalue weighted by molar-refractivity contribution is 7.90. The third-order valence-electron chi connectivity index (χ3n) is 2.79. The van der Waals surface area contributed by atoms with Gasteiger partial charge in [0.1, 0.15) is 0 Å². The van der Waals surface area contributed by atoms with Crippen molar-refractivity contribution in [2.75, 3.05) is 39.3 Å². The normalized spacial score (nSPS) is 13.0. The van der Waals surface area contributed by atoms with E-state index in [1.807, 2.05) is 0 Å². The topological polar surface area (TPSA) is 110 Å². The van der Waals surface area contributed by atoms with E-state index in [2.05, 4.69) is 0 Å². The van der Waals surface area contributed by atoms with Crippen LogP contribution in [0.3, 0.4) is 0 Å². The highest BCUT2D eigenvalue weighted by Crippen LogP contribution is 2.18. The van der Waals surface area contributed by atoms with Crippen LogP contribution in [0.2, 0.25) is 0 Å². The molecule has 1 atom stereocenters. The first-order valence-corrected chi connectivity index (χ1v) is 8.07. The molecule has 1 aromatic carbocycles. The maximum atomic E-state index is 12.2. The predicted octanol–water partition coefficient (Wildman–Crippen LogP) is -0.248. The molecule has 0 saturated carbocycles. The van der Waals surface area contributed by atoms with Crippen molar-refractivity contribution in [3.05, 3.63) is 23.8 Å². The Labute approximate surface area is 124 Å². The van der Waals surface area contributed by atoms with Gasteiger partial charge in [-0.25, -0.2) is 8.42 Å². The van der Waals surface area contributed by atoms with Crippen LogP contribution in [0.25, 0.3) is 0 Å². The first-order valence-electron chi connectivity index (χ1n) is 6.18. The van der Waals surface area contributed by atoms with Gasteiger partial charge in [0.25, 0.3) is 5.91 Å². The van der Waals surface area contributed by atoms with Gasteiger partial charge in [0, 0.05) is 38.2 Å². The minimum Gasteiger partial charge on any atom is -0.399 e. The molecule has 0 aromatic heterocycles. The number of aliphatic hydroxyl groups excluding tert-OH is 1. The number of carbonyl (C=O) groups excluding carboxylic acids is 1. The molecule has 0 aliphatic rings. The van der Waals surface area contributed by atoms with Crippen molar-refractivity contribution >= 4 is 21.4 Å². The molecule has 0 bridgehead atoms. The number of nitrogens with two attached hydrogens (primary N) is 1. The fourth-order valence-corrected chi connectivity index (χ4v) is 2.52. The molecule has 0 spiro atoms. The van der Waals surface area contributed by atoms with Crippen molar-refractivity contribution in [3.8, 4) is 0 Å². The van der Waals surface area contributed by atoms with Crippen LogP contribution in [-0.2, 0) is 14.6 Å². The number of hydrogen-bond acceptors (Lipinski definition) is 6. The van der Waals surface area contributed by atoms with Gasteiger partial charge >= 0.3 is 0 Å². The molecule has 0 saturated heterocycles. The Bertz CT molecular complexity index is 615. The van der Waals surface area contributed by atoms with Gasteiger partial charge in [-0.3, -0.25) is 4.79 Å². The fourth-order valence-electron chi connectivity index (χ4n) is 1.82. The first kappa shape index (κ1) is 17.4. The number of anilines is 1. The minimum atomic E-state index is -3.46. The van der Waals surface area contributed by atoms with E-state index < -0.39 is 21.8 Å². The molecule has 8 heteroatoms. The van der Waals surface area contributed by atoms with Gasteiger partial charge in [-0.05, 0) is 18.2 Å². The predicted molar refractivity (Wildman–Crippen MR) is 78.8 cm³/mol. The number of amides is 1. The van der Waals surface area contributed by atoms with Crippen molar-refractivity contribution in [1.29, 1.82) is 0 Å². The highest BCUT2D eigenvalue weighted by Gasteiger charge is 2.18. The molecule has 118 valence electrons. The molecule has 0 fully saturated rings. The van der Waals surface area contributed by atoms with Gasteiger partial charge in [-0.2, -0.15) is 0 Å². The molecule has 1 aromatic rings. The molecule has 1 amide bonds. The largest absolute Gasteiger partial charge is 0.399 e. The van der Waals surface area contributed by atoms with Crippen LogP contribution in [0.4, 0.5) is 5.69 Å². The Kier molecular flexibility index (Phi) is 5.70. The van der Waals surface area contributed by atoms with E-state index in [9.17, 15) is 18.3 Å². The van der Waals surface area contributed by atoms with Crippen molar-refractivity contribution < 1.29 is 23.1 Å². The molecule has 0 heterocycles. The molecule has 0 aliphatic carbocycles. The summed E-state index contributed by atoms with van der Waals surface area (Å²) in [5.41, 5.74) is 5.98. The molecule has 1 rings (SSSR count). The summed E-state index contributed by atoms with van der Waals surface area (Å²) >= 11 is 0. The Morgan fingerprint density at radius 2 is 2.05 bits per heavy atom. The number of carbonyl (C=O) groups is 1. The van der Waals surface area contributed by atoms with Gasteiger partial charge in [0.15, 0.2) is 9.84 Å². The molecule has 0 aliphatic heterocycles. The fraction of sp³-hybridized carbons (Fsp3) is 0.462. The summed E-state index contributed by atoms with van der Waals surface area (Å²) in [5.74, 6) is -0.428. The van der Waals surface area contributed by atoms with Gasteiger partial charge in [-0.1, -0.05) is 0 Å². The van der Waals surface area contributed by atoms with E-state index in [-0.39, 0.29) is 29.3 Å². The van der Waals surface area contributed by atoms with Crippen molar-refractivity contribution in [2.45, 2.75) is 11.0 Å². The number of ether oxygens (including phenoxy) is 1. The Morgan fingerprint density at radius 3 is 2.57 bits per heavy atom. The Balaban J connectivity index is 3.00. The molecule has 21 heavy (non-hydrogen) atoms. The number of hydrogen-bond donors (Lipinski definition) is 2. The average Bonchev–Trinajstić information content (AvgIpc) is 2.36. The van der Waals surface area contributed by atoms with E-state index in [1.54, 1.807) is 0 Å². The lowest BCUT2D eigenvalue weighted by molar-refractivity contribution is 0.0380. The molecule has 7 nitrogen and oxygen atoms in total. The maximum Gasteiger partial charge on any atom is 0.253 e. The summed E-state index contributed by atoms with van der Waals surface area (Å²) < 4.78 is 27.9. The molecule has 1 unspecified atom stereocenters. The maximum absolute atomic E-state index is 12.2. The molecule has 0 radical (unpaired) electrons. The van der Waals surface area contributed by atoms with Crippen LogP contribution in [0.5, 0.6) is 0 Å². The van der Waals surface area contributed by atoms with Crippen molar-refractivity contribution in [3.63, 3.8) is 0 Å². The van der Waals surface area contributed by atoms with Crippen LogP contribution < -0.4 is 5.73 Å². The summed E-state index contributed by atoms with van der Waals surface area (Å²) in [6.07, 6.45) is 0.224. The standard InChI is InChI=1S/C13H20N2O5S/c1-15(7-11(16)8-20-2)13(17)9-4-10(14)6-12(5-9)21(3,18)19/h4-6,11,16H,7-8,14H2,1-3H3. The lowest BCUT2D eigenvalue weighted by Crippen LogP contribution is -2.36. The van der Waals surface area contributed by atoms with Crippen molar-refractivity contribution in [2.24, 2.45) is 0 Å². The van der Waals surface area contributed by atoms with Crippen LogP contribution in [-0.4, -0.2) is 64.0 Å². The second kappa shape index (κ2) is 6.88. The van der Waals surface area contributed by atoms with Crippen LogP contribution >= 0.6 is 0 Å². The minimum absolute atomic E-state index is 0.0170. The number of likely N-dealkylation sites (N-methyl/N-ethyl adjacent to an activating group) is 1. The zero-order valence-corrected chi connectivity index (χ0v) is 13.1. The quantitative estimate of drug-likeness (QED) is 0.700. The third-order valence-corrected chi connectivity index (χ3v) is 3.89. The number of sulfone groups is 1. The second-order valence-electron chi connectivity index (χ2n) is 4.86. The van der Waals surface area contributed by atoms with Crippen LogP contribution in [0.15, 0.2) is 23.1 Å². The average molecular weight is 316 g/mol. The van der Waals surface area contributed by atoms with E-state index in [0.717, 1.165) is 6.26 Å². The Hall–Kier alpha value is -1.64. The number of aliphatic hydroxyl groups is 1. The number of nitrogens with zero attached hydrogens (tertiary/aromatic N) is 1. The molecular weight excluding hydrogens is 296 g/mol. The monoisotopic (exact) mass is 316 g/mol. The summed E-state index contributed by atoms with van der Waals surface area (Å²) in [7, 11) is -0.509. The highest BCUT2D eigenvalue weighted by atomic mass is 32.2. The summed E-state index contributed by atoms with van der Waals surface area (Å²) in [6, 6.07) is 3.97.